The van der Waals surface area contributed by atoms with Crippen molar-refractivity contribution in [2.24, 2.45) is 0 Å². The number of carbonyl (C=O) groups is 1. The number of hydrogen-bond donors (Lipinski definition) is 1. The molecule has 0 saturated carbocycles. The summed E-state index contributed by atoms with van der Waals surface area (Å²) >= 11 is 0. The van der Waals surface area contributed by atoms with Gasteiger partial charge in [0.2, 0.25) is 0 Å². The first kappa shape index (κ1) is 15.2. The third-order valence-electron chi connectivity index (χ3n) is 2.87. The zero-order valence-electron chi connectivity index (χ0n) is 11.6. The first-order valence-electron chi connectivity index (χ1n) is 6.35. The minimum atomic E-state index is -2.71. The normalized spacial score (nSPS) is 12.3. The zero-order chi connectivity index (χ0) is 15.4. The van der Waals surface area contributed by atoms with Gasteiger partial charge in [-0.05, 0) is 26.0 Å². The first-order valence-corrected chi connectivity index (χ1v) is 7.59. The smallest absolute Gasteiger partial charge is 0.356 e. The van der Waals surface area contributed by atoms with Gasteiger partial charge in [0, 0.05) is 6.20 Å². The fourth-order valence-corrected chi connectivity index (χ4v) is 2.23. The van der Waals surface area contributed by atoms with Crippen molar-refractivity contribution in [1.82, 2.24) is 14.5 Å². The van der Waals surface area contributed by atoms with Gasteiger partial charge in [0.1, 0.15) is 21.8 Å². The van der Waals surface area contributed by atoms with E-state index in [0.29, 0.717) is 5.69 Å². The maximum Gasteiger partial charge on any atom is 0.356 e. The molecule has 0 saturated heterocycles. The number of esters is 1. The first-order chi connectivity index (χ1) is 10.1. The fourth-order valence-electron chi connectivity index (χ4n) is 1.86. The number of nitrogens with zero attached hydrogens (tertiary/aromatic N) is 3. The molecule has 2 aromatic rings. The number of carbonyl (C=O) groups excluding carboxylic acids is 1. The van der Waals surface area contributed by atoms with E-state index in [1.54, 1.807) is 25.3 Å². The Morgan fingerprint density at radius 3 is 2.76 bits per heavy atom. The number of pyridine rings is 1. The summed E-state index contributed by atoms with van der Waals surface area (Å²) in [6, 6.07) is 3.40. The van der Waals surface area contributed by atoms with Crippen LogP contribution in [0.1, 0.15) is 35.4 Å². The van der Waals surface area contributed by atoms with Crippen molar-refractivity contribution in [2.45, 2.75) is 19.1 Å². The second-order valence-corrected chi connectivity index (χ2v) is 5.58. The van der Waals surface area contributed by atoms with E-state index in [9.17, 15) is 13.2 Å². The molecule has 2 heterocycles. The van der Waals surface area contributed by atoms with E-state index in [2.05, 4.69) is 9.97 Å². The highest BCUT2D eigenvalue weighted by Crippen LogP contribution is 2.22. The average Bonchev–Trinajstić information content (AvgIpc) is 2.92. The van der Waals surface area contributed by atoms with E-state index in [1.165, 1.54) is 23.9 Å². The van der Waals surface area contributed by atoms with Gasteiger partial charge in [-0.25, -0.2) is 18.2 Å². The van der Waals surface area contributed by atoms with E-state index in [0.717, 1.165) is 0 Å². The number of ether oxygens (including phenoxy) is 1. The molecule has 8 heteroatoms. The van der Waals surface area contributed by atoms with Crippen LogP contribution in [0.4, 0.5) is 0 Å². The van der Waals surface area contributed by atoms with Crippen molar-refractivity contribution in [3.05, 3.63) is 42.2 Å². The maximum atomic E-state index is 12.0. The van der Waals surface area contributed by atoms with Crippen LogP contribution in [0.2, 0.25) is 0 Å². The number of rotatable bonds is 5. The second-order valence-electron chi connectivity index (χ2n) is 4.23. The van der Waals surface area contributed by atoms with E-state index in [-0.39, 0.29) is 18.1 Å². The summed E-state index contributed by atoms with van der Waals surface area (Å²) in [5.74, 6) is -0.310. The Morgan fingerprint density at radius 1 is 1.43 bits per heavy atom. The molecule has 7 nitrogen and oxygen atoms in total. The molecule has 2 rings (SSSR count). The van der Waals surface area contributed by atoms with Crippen molar-refractivity contribution >= 4 is 16.7 Å². The molecule has 112 valence electrons. The molecule has 0 aliphatic rings. The monoisotopic (exact) mass is 309 g/mol. The lowest BCUT2D eigenvalue weighted by Crippen LogP contribution is -2.14. The van der Waals surface area contributed by atoms with Gasteiger partial charge < -0.3 is 4.74 Å². The number of imidazole rings is 1. The third kappa shape index (κ3) is 3.10. The molecule has 0 aromatic carbocycles. The average molecular weight is 309 g/mol. The minimum absolute atomic E-state index is 0.170. The van der Waals surface area contributed by atoms with Gasteiger partial charge in [0.15, 0.2) is 5.69 Å². The van der Waals surface area contributed by atoms with Crippen LogP contribution in [0, 0.1) is 0 Å². The van der Waals surface area contributed by atoms with Crippen LogP contribution >= 0.6 is 0 Å². The summed E-state index contributed by atoms with van der Waals surface area (Å²) in [5.41, 5.74) is 0.723. The second kappa shape index (κ2) is 6.49. The number of aromatic nitrogens is 3. The quantitative estimate of drug-likeness (QED) is 0.657. The van der Waals surface area contributed by atoms with Gasteiger partial charge in [-0.15, -0.1) is 0 Å². The topological polar surface area (TPSA) is 91.1 Å². The van der Waals surface area contributed by atoms with E-state index < -0.39 is 21.9 Å². The van der Waals surface area contributed by atoms with Crippen LogP contribution < -0.4 is 0 Å². The Labute approximate surface area is 123 Å². The van der Waals surface area contributed by atoms with Crippen molar-refractivity contribution in [3.8, 4) is 5.69 Å². The van der Waals surface area contributed by atoms with Crippen LogP contribution in [0.5, 0.6) is 0 Å². The lowest BCUT2D eigenvalue weighted by molar-refractivity contribution is 0.0516. The van der Waals surface area contributed by atoms with Crippen molar-refractivity contribution in [2.75, 3.05) is 6.61 Å². The minimum Gasteiger partial charge on any atom is -0.461 e. The van der Waals surface area contributed by atoms with E-state index in [4.69, 9.17) is 4.74 Å². The van der Waals surface area contributed by atoms with E-state index >= 15 is 0 Å². The van der Waals surface area contributed by atoms with Crippen molar-refractivity contribution in [3.63, 3.8) is 0 Å². The summed E-state index contributed by atoms with van der Waals surface area (Å²) in [6.07, 6.45) is 4.43. The predicted octanol–water partition coefficient (Wildman–Crippen LogP) is 1.12. The van der Waals surface area contributed by atoms with Gasteiger partial charge in [0.05, 0.1) is 24.7 Å². The fraction of sp³-hybridized carbons (Fsp3) is 0.308. The molecule has 0 bridgehead atoms. The summed E-state index contributed by atoms with van der Waals surface area (Å²) in [7, 11) is -2.71. The molecule has 1 unspecified atom stereocenters. The Morgan fingerprint density at radius 2 is 2.19 bits per heavy atom. The standard InChI is InChI=1S/C13H15N3O4S/c1-3-20-13(17)11-8-15-12(9(2)21(18)19)16(11)10-5-4-6-14-7-10/h4-9,21H,3H2,1-2H3. The van der Waals surface area contributed by atoms with Crippen LogP contribution in [0.25, 0.3) is 5.69 Å². The summed E-state index contributed by atoms with van der Waals surface area (Å²) in [5, 5.41) is -0.830. The van der Waals surface area contributed by atoms with Gasteiger partial charge in [-0.3, -0.25) is 9.55 Å². The molecular weight excluding hydrogens is 294 g/mol. The Bertz CT molecular complexity index is 701. The molecule has 2 aromatic heterocycles. The Hall–Kier alpha value is -2.22. The molecule has 0 aliphatic carbocycles. The summed E-state index contributed by atoms with van der Waals surface area (Å²) in [6.45, 7) is 3.42. The van der Waals surface area contributed by atoms with E-state index in [1.807, 2.05) is 0 Å². The highest BCUT2D eigenvalue weighted by atomic mass is 32.2. The van der Waals surface area contributed by atoms with Crippen LogP contribution in [-0.4, -0.2) is 35.5 Å². The SMILES string of the molecule is CCOC(=O)c1cnc(C(C)[SH](=O)=O)n1-c1cccnc1. The summed E-state index contributed by atoms with van der Waals surface area (Å²) < 4.78 is 28.9. The molecule has 0 amide bonds. The molecule has 0 fully saturated rings. The lowest BCUT2D eigenvalue weighted by Gasteiger charge is -2.12. The van der Waals surface area contributed by atoms with Gasteiger partial charge in [-0.1, -0.05) is 0 Å². The third-order valence-corrected chi connectivity index (χ3v) is 3.73. The maximum absolute atomic E-state index is 12.0. The lowest BCUT2D eigenvalue weighted by atomic mass is 10.3. The van der Waals surface area contributed by atoms with Gasteiger partial charge >= 0.3 is 5.97 Å². The number of hydrogen-bond acceptors (Lipinski definition) is 6. The molecule has 1 atom stereocenters. The van der Waals surface area contributed by atoms with Crippen molar-refractivity contribution in [1.29, 1.82) is 0 Å². The highest BCUT2D eigenvalue weighted by molar-refractivity contribution is 7.72. The Balaban J connectivity index is 2.61. The van der Waals surface area contributed by atoms with Crippen molar-refractivity contribution < 1.29 is 17.9 Å². The van der Waals surface area contributed by atoms with Crippen LogP contribution in [0.15, 0.2) is 30.7 Å². The van der Waals surface area contributed by atoms with Crippen LogP contribution in [-0.2, 0) is 15.4 Å². The highest BCUT2D eigenvalue weighted by Gasteiger charge is 2.23. The molecule has 21 heavy (non-hydrogen) atoms. The Kier molecular flexibility index (Phi) is 4.69. The molecule has 0 aliphatic heterocycles. The molecule has 0 spiro atoms. The molecule has 0 N–H and O–H groups in total. The summed E-state index contributed by atoms with van der Waals surface area (Å²) in [4.78, 5) is 20.0. The van der Waals surface area contributed by atoms with Gasteiger partial charge in [-0.2, -0.15) is 0 Å². The van der Waals surface area contributed by atoms with Gasteiger partial charge in [0.25, 0.3) is 0 Å². The molecular formula is C13H15N3O4S. The van der Waals surface area contributed by atoms with Crippen LogP contribution in [0.3, 0.4) is 0 Å². The largest absolute Gasteiger partial charge is 0.461 e. The predicted molar refractivity (Wildman–Crippen MR) is 76.0 cm³/mol. The molecule has 0 radical (unpaired) electrons. The zero-order valence-corrected chi connectivity index (χ0v) is 12.5. The number of thiol groups is 1.